The van der Waals surface area contributed by atoms with Crippen LogP contribution in [-0.2, 0) is 7.05 Å². The van der Waals surface area contributed by atoms with Crippen molar-refractivity contribution < 1.29 is 4.79 Å². The lowest BCUT2D eigenvalue weighted by Gasteiger charge is -1.96. The van der Waals surface area contributed by atoms with E-state index in [1.54, 1.807) is 4.68 Å². The zero-order chi connectivity index (χ0) is 11.7. The predicted molar refractivity (Wildman–Crippen MR) is 64.5 cm³/mol. The van der Waals surface area contributed by atoms with Crippen LogP contribution in [0.2, 0.25) is 0 Å². The Morgan fingerprint density at radius 3 is 3.12 bits per heavy atom. The van der Waals surface area contributed by atoms with Crippen molar-refractivity contribution in [2.24, 2.45) is 7.05 Å². The Kier molecular flexibility index (Phi) is 2.67. The fraction of sp³-hybridized carbons (Fsp3) is 0.273. The van der Waals surface area contributed by atoms with Crippen molar-refractivity contribution in [3.8, 4) is 12.3 Å². The van der Waals surface area contributed by atoms with Crippen molar-refractivity contribution in [1.82, 2.24) is 15.1 Å². The molecule has 2 heterocycles. The molecule has 82 valence electrons. The number of aryl methyl sites for hydroxylation is 2. The van der Waals surface area contributed by atoms with Crippen LogP contribution in [0.5, 0.6) is 0 Å². The van der Waals surface area contributed by atoms with Gasteiger partial charge in [-0.1, -0.05) is 5.92 Å². The number of fused-ring (bicyclic) bond motifs is 1. The first-order chi connectivity index (χ1) is 7.63. The van der Waals surface area contributed by atoms with E-state index in [4.69, 9.17) is 6.42 Å². The third-order valence-electron chi connectivity index (χ3n) is 2.27. The number of thiophene rings is 1. The predicted octanol–water partition coefficient (Wildman–Crippen LogP) is 1.31. The molecule has 0 aromatic carbocycles. The van der Waals surface area contributed by atoms with E-state index in [9.17, 15) is 4.79 Å². The standard InChI is InChI=1S/C11H11N3OS/c1-4-5-12-10(15)9-6-8-7(2)13-14(3)11(8)16-9/h1,6H,5H2,2-3H3,(H,12,15). The zero-order valence-electron chi connectivity index (χ0n) is 9.07. The maximum absolute atomic E-state index is 11.7. The summed E-state index contributed by atoms with van der Waals surface area (Å²) in [5, 5.41) is 7.95. The minimum Gasteiger partial charge on any atom is -0.340 e. The van der Waals surface area contributed by atoms with Crippen LogP contribution in [0.4, 0.5) is 0 Å². The number of carbonyl (C=O) groups excluding carboxylic acids is 1. The fourth-order valence-electron chi connectivity index (χ4n) is 1.54. The van der Waals surface area contributed by atoms with Gasteiger partial charge >= 0.3 is 0 Å². The lowest BCUT2D eigenvalue weighted by Crippen LogP contribution is -2.22. The van der Waals surface area contributed by atoms with Crippen molar-refractivity contribution in [1.29, 1.82) is 0 Å². The van der Waals surface area contributed by atoms with E-state index in [1.165, 1.54) is 11.3 Å². The summed E-state index contributed by atoms with van der Waals surface area (Å²) >= 11 is 1.42. The summed E-state index contributed by atoms with van der Waals surface area (Å²) in [5.74, 6) is 2.25. The third kappa shape index (κ3) is 1.68. The Balaban J connectivity index is 2.37. The lowest BCUT2D eigenvalue weighted by atomic mass is 10.3. The Morgan fingerprint density at radius 1 is 1.75 bits per heavy atom. The van der Waals surface area contributed by atoms with Gasteiger partial charge in [-0.15, -0.1) is 17.8 Å². The molecule has 5 heteroatoms. The van der Waals surface area contributed by atoms with E-state index in [-0.39, 0.29) is 12.5 Å². The first kappa shape index (κ1) is 10.7. The first-order valence-electron chi connectivity index (χ1n) is 4.78. The SMILES string of the molecule is C#CCNC(=O)c1cc2c(C)nn(C)c2s1. The van der Waals surface area contributed by atoms with Crippen molar-refractivity contribution in [2.75, 3.05) is 6.54 Å². The highest BCUT2D eigenvalue weighted by atomic mass is 32.1. The van der Waals surface area contributed by atoms with Crippen LogP contribution in [0.25, 0.3) is 10.2 Å². The second-order valence-corrected chi connectivity index (χ2v) is 4.46. The number of nitrogens with zero attached hydrogens (tertiary/aromatic N) is 2. The third-order valence-corrected chi connectivity index (χ3v) is 3.47. The van der Waals surface area contributed by atoms with Crippen LogP contribution < -0.4 is 5.32 Å². The van der Waals surface area contributed by atoms with Gasteiger partial charge in [0, 0.05) is 12.4 Å². The van der Waals surface area contributed by atoms with Crippen LogP contribution in [-0.4, -0.2) is 22.2 Å². The van der Waals surface area contributed by atoms with Gasteiger partial charge in [-0.25, -0.2) is 0 Å². The fourth-order valence-corrected chi connectivity index (χ4v) is 2.58. The van der Waals surface area contributed by atoms with Gasteiger partial charge < -0.3 is 5.32 Å². The average molecular weight is 233 g/mol. The highest BCUT2D eigenvalue weighted by Crippen LogP contribution is 2.27. The molecule has 0 bridgehead atoms. The van der Waals surface area contributed by atoms with Crippen LogP contribution in [0.15, 0.2) is 6.07 Å². The number of amides is 1. The second kappa shape index (κ2) is 3.99. The Morgan fingerprint density at radius 2 is 2.50 bits per heavy atom. The molecule has 2 aromatic heterocycles. The van der Waals surface area contributed by atoms with Gasteiger partial charge in [-0.3, -0.25) is 9.48 Å². The molecule has 4 nitrogen and oxygen atoms in total. The maximum Gasteiger partial charge on any atom is 0.262 e. The quantitative estimate of drug-likeness (QED) is 0.795. The van der Waals surface area contributed by atoms with Crippen molar-refractivity contribution in [3.05, 3.63) is 16.6 Å². The molecular weight excluding hydrogens is 222 g/mol. The Bertz CT molecular complexity index is 554. The summed E-state index contributed by atoms with van der Waals surface area (Å²) in [6.45, 7) is 2.18. The molecule has 0 aliphatic heterocycles. The van der Waals surface area contributed by atoms with Crippen LogP contribution in [0.1, 0.15) is 15.4 Å². The van der Waals surface area contributed by atoms with Crippen molar-refractivity contribution in [2.45, 2.75) is 6.92 Å². The first-order valence-corrected chi connectivity index (χ1v) is 5.60. The molecule has 0 fully saturated rings. The molecule has 0 aliphatic carbocycles. The van der Waals surface area contributed by atoms with Crippen LogP contribution >= 0.6 is 11.3 Å². The van der Waals surface area contributed by atoms with E-state index in [0.29, 0.717) is 4.88 Å². The monoisotopic (exact) mass is 233 g/mol. The van der Waals surface area contributed by atoms with Crippen LogP contribution in [0, 0.1) is 19.3 Å². The molecule has 2 rings (SSSR count). The molecule has 0 saturated heterocycles. The van der Waals surface area contributed by atoms with Gasteiger partial charge in [0.2, 0.25) is 0 Å². The van der Waals surface area contributed by atoms with Crippen molar-refractivity contribution >= 4 is 27.5 Å². The molecule has 0 spiro atoms. The normalized spacial score (nSPS) is 10.3. The van der Waals surface area contributed by atoms with Gasteiger partial charge in [0.15, 0.2) is 0 Å². The molecular formula is C11H11N3OS. The molecule has 1 N–H and O–H groups in total. The van der Waals surface area contributed by atoms with E-state index in [2.05, 4.69) is 16.3 Å². The number of nitrogens with one attached hydrogen (secondary N) is 1. The number of terminal acetylenes is 1. The Labute approximate surface area is 97.3 Å². The minimum absolute atomic E-state index is 0.126. The van der Waals surface area contributed by atoms with Gasteiger partial charge in [-0.05, 0) is 13.0 Å². The number of hydrogen-bond acceptors (Lipinski definition) is 3. The summed E-state index contributed by atoms with van der Waals surface area (Å²) in [5.41, 5.74) is 0.935. The molecule has 0 aliphatic rings. The summed E-state index contributed by atoms with van der Waals surface area (Å²) in [7, 11) is 1.87. The van der Waals surface area contributed by atoms with Gasteiger partial charge in [-0.2, -0.15) is 5.10 Å². The summed E-state index contributed by atoms with van der Waals surface area (Å²) in [4.78, 5) is 13.3. The summed E-state index contributed by atoms with van der Waals surface area (Å²) in [6, 6.07) is 1.86. The van der Waals surface area contributed by atoms with Crippen LogP contribution in [0.3, 0.4) is 0 Å². The topological polar surface area (TPSA) is 46.9 Å². The number of hydrogen-bond donors (Lipinski definition) is 1. The molecule has 0 atom stereocenters. The second-order valence-electron chi connectivity index (χ2n) is 3.43. The minimum atomic E-state index is -0.126. The molecule has 2 aromatic rings. The summed E-state index contributed by atoms with van der Waals surface area (Å²) in [6.07, 6.45) is 5.08. The zero-order valence-corrected chi connectivity index (χ0v) is 9.89. The lowest BCUT2D eigenvalue weighted by molar-refractivity contribution is 0.0963. The van der Waals surface area contributed by atoms with E-state index >= 15 is 0 Å². The molecule has 0 radical (unpaired) electrons. The largest absolute Gasteiger partial charge is 0.340 e. The molecule has 1 amide bonds. The molecule has 16 heavy (non-hydrogen) atoms. The van der Waals surface area contributed by atoms with Gasteiger partial charge in [0.05, 0.1) is 17.1 Å². The van der Waals surface area contributed by atoms with Crippen molar-refractivity contribution in [3.63, 3.8) is 0 Å². The Hall–Kier alpha value is -1.80. The smallest absolute Gasteiger partial charge is 0.262 e. The number of carbonyl (C=O) groups is 1. The average Bonchev–Trinajstić information content (AvgIpc) is 2.79. The van der Waals surface area contributed by atoms with E-state index in [0.717, 1.165) is 15.9 Å². The molecule has 0 saturated carbocycles. The van der Waals surface area contributed by atoms with E-state index in [1.807, 2.05) is 20.0 Å². The van der Waals surface area contributed by atoms with Gasteiger partial charge in [0.25, 0.3) is 5.91 Å². The van der Waals surface area contributed by atoms with Gasteiger partial charge in [0.1, 0.15) is 4.83 Å². The summed E-state index contributed by atoms with van der Waals surface area (Å²) < 4.78 is 1.79. The van der Waals surface area contributed by atoms with E-state index < -0.39 is 0 Å². The number of rotatable bonds is 2. The highest BCUT2D eigenvalue weighted by molar-refractivity contribution is 7.20. The highest BCUT2D eigenvalue weighted by Gasteiger charge is 2.14. The molecule has 0 unspecified atom stereocenters. The number of aromatic nitrogens is 2. The maximum atomic E-state index is 11.7.